The number of nitro benzene ring substituents is 1. The highest BCUT2D eigenvalue weighted by Gasteiger charge is 2.46. The van der Waals surface area contributed by atoms with Crippen LogP contribution in [0.2, 0.25) is 0 Å². The number of nitrogens with zero attached hydrogens (tertiary/aromatic N) is 4. The van der Waals surface area contributed by atoms with E-state index in [1.165, 1.54) is 17.0 Å². The van der Waals surface area contributed by atoms with Gasteiger partial charge in [0.1, 0.15) is 25.1 Å². The minimum atomic E-state index is -1.31. The lowest BCUT2D eigenvalue weighted by Gasteiger charge is -2.31. The highest BCUT2D eigenvalue weighted by Crippen LogP contribution is 2.41. The van der Waals surface area contributed by atoms with Gasteiger partial charge in [-0.1, -0.05) is 46.8 Å². The number of aromatic nitrogens is 4. The minimum Gasteiger partial charge on any atom is -0.394 e. The predicted molar refractivity (Wildman–Crippen MR) is 145 cm³/mol. The molecule has 15 heteroatoms. The van der Waals surface area contributed by atoms with E-state index < -0.39 is 59.9 Å². The van der Waals surface area contributed by atoms with E-state index in [1.807, 2.05) is 20.8 Å². The zero-order valence-corrected chi connectivity index (χ0v) is 23.3. The molecule has 1 saturated heterocycles. The SMILES string of the molecule is CC(C)C(=O)Nc1nc2c(ncn2[C@@H]2O[C@H](CO)[C@@H](O)[C@H]2OCO[C@@H](c2ccccc2[N+](=O)[O-])C(C)(C)C)c(=O)[nH]1. The first-order valence-corrected chi connectivity index (χ1v) is 13.0. The summed E-state index contributed by atoms with van der Waals surface area (Å²) in [5.74, 6) is -0.832. The van der Waals surface area contributed by atoms with Crippen molar-refractivity contribution in [3.63, 3.8) is 0 Å². The van der Waals surface area contributed by atoms with Crippen LogP contribution in [0.1, 0.15) is 52.5 Å². The third kappa shape index (κ3) is 6.28. The van der Waals surface area contributed by atoms with Crippen LogP contribution in [0.4, 0.5) is 11.6 Å². The van der Waals surface area contributed by atoms with Crippen LogP contribution in [0.3, 0.4) is 0 Å². The zero-order chi connectivity index (χ0) is 30.1. The number of fused-ring (bicyclic) bond motifs is 1. The molecule has 0 spiro atoms. The summed E-state index contributed by atoms with van der Waals surface area (Å²) in [6.07, 6.45) is -4.05. The monoisotopic (exact) mass is 574 g/mol. The Morgan fingerprint density at radius 1 is 1.32 bits per heavy atom. The quantitative estimate of drug-likeness (QED) is 0.157. The van der Waals surface area contributed by atoms with Crippen molar-refractivity contribution in [1.29, 1.82) is 0 Å². The van der Waals surface area contributed by atoms with Crippen LogP contribution in [0.15, 0.2) is 35.4 Å². The fraction of sp³-hybridized carbons (Fsp3) is 0.538. The number of aliphatic hydroxyl groups excluding tert-OH is 2. The number of aliphatic hydroxyl groups is 2. The molecular formula is C26H34N6O9. The molecule has 0 bridgehead atoms. The van der Waals surface area contributed by atoms with Crippen molar-refractivity contribution in [3.05, 3.63) is 56.6 Å². The van der Waals surface area contributed by atoms with Gasteiger partial charge in [-0.2, -0.15) is 4.98 Å². The summed E-state index contributed by atoms with van der Waals surface area (Å²) in [7, 11) is 0. The number of nitro groups is 1. The molecule has 1 aromatic carbocycles. The molecule has 0 radical (unpaired) electrons. The number of benzene rings is 1. The van der Waals surface area contributed by atoms with Crippen molar-refractivity contribution in [2.24, 2.45) is 11.3 Å². The molecule has 1 aliphatic heterocycles. The molecule has 41 heavy (non-hydrogen) atoms. The van der Waals surface area contributed by atoms with Crippen molar-refractivity contribution in [3.8, 4) is 0 Å². The third-order valence-electron chi connectivity index (χ3n) is 6.66. The molecule has 222 valence electrons. The average Bonchev–Trinajstić information content (AvgIpc) is 3.46. The van der Waals surface area contributed by atoms with Crippen LogP contribution in [0.25, 0.3) is 11.2 Å². The Bertz CT molecular complexity index is 1460. The van der Waals surface area contributed by atoms with Crippen molar-refractivity contribution in [2.45, 2.75) is 65.3 Å². The fourth-order valence-electron chi connectivity index (χ4n) is 4.57. The van der Waals surface area contributed by atoms with Crippen molar-refractivity contribution in [1.82, 2.24) is 19.5 Å². The topological polar surface area (TPSA) is 204 Å². The summed E-state index contributed by atoms with van der Waals surface area (Å²) in [5.41, 5.74) is -0.917. The number of rotatable bonds is 10. The first-order valence-electron chi connectivity index (χ1n) is 13.0. The molecular weight excluding hydrogens is 540 g/mol. The second-order valence-corrected chi connectivity index (χ2v) is 11.1. The van der Waals surface area contributed by atoms with Crippen molar-refractivity contribution in [2.75, 3.05) is 18.7 Å². The molecule has 0 saturated carbocycles. The number of amides is 1. The molecule has 5 atom stereocenters. The maximum absolute atomic E-state index is 12.6. The molecule has 1 amide bonds. The predicted octanol–water partition coefficient (Wildman–Crippen LogP) is 2.02. The highest BCUT2D eigenvalue weighted by atomic mass is 16.7. The van der Waals surface area contributed by atoms with Gasteiger partial charge < -0.3 is 24.4 Å². The van der Waals surface area contributed by atoms with E-state index in [0.29, 0.717) is 5.56 Å². The van der Waals surface area contributed by atoms with Gasteiger partial charge in [0.2, 0.25) is 11.9 Å². The molecule has 3 aromatic rings. The normalized spacial score (nSPS) is 21.9. The molecule has 2 aromatic heterocycles. The lowest BCUT2D eigenvalue weighted by atomic mass is 9.84. The lowest BCUT2D eigenvalue weighted by Crippen LogP contribution is -2.36. The van der Waals surface area contributed by atoms with E-state index in [9.17, 15) is 29.9 Å². The second kappa shape index (κ2) is 12.0. The number of anilines is 1. The maximum atomic E-state index is 12.6. The van der Waals surface area contributed by atoms with Crippen LogP contribution in [0, 0.1) is 21.4 Å². The number of carbonyl (C=O) groups excluding carboxylic acids is 1. The van der Waals surface area contributed by atoms with Gasteiger partial charge in [-0.25, -0.2) is 4.98 Å². The summed E-state index contributed by atoms with van der Waals surface area (Å²) >= 11 is 0. The number of hydrogen-bond donors (Lipinski definition) is 4. The summed E-state index contributed by atoms with van der Waals surface area (Å²) in [4.78, 5) is 46.9. The number of ether oxygens (including phenoxy) is 3. The summed E-state index contributed by atoms with van der Waals surface area (Å²) in [6.45, 7) is 8.03. The number of hydrogen-bond acceptors (Lipinski definition) is 11. The summed E-state index contributed by atoms with van der Waals surface area (Å²) < 4.78 is 19.2. The standard InChI is InChI=1S/C26H34N6O9/c1-13(2)22(35)29-25-28-21-17(23(36)30-25)27-11-31(21)24-19(18(34)16(10-33)41-24)39-12-40-20(26(3,4)5)14-8-6-7-9-15(14)32(37)38/h6-9,11,13,16,18-20,24,33-34H,10,12H2,1-5H3,(H2,28,29,30,35,36)/t16-,18-,19-,20+,24-/m1/s1. The molecule has 1 fully saturated rings. The van der Waals surface area contributed by atoms with Gasteiger partial charge in [-0.3, -0.25) is 34.6 Å². The average molecular weight is 575 g/mol. The Morgan fingerprint density at radius 2 is 2.02 bits per heavy atom. The Labute approximate surface area is 234 Å². The number of nitrogens with one attached hydrogen (secondary N) is 2. The van der Waals surface area contributed by atoms with Crippen LogP contribution >= 0.6 is 0 Å². The maximum Gasteiger partial charge on any atom is 0.280 e. The van der Waals surface area contributed by atoms with Crippen LogP contribution in [-0.4, -0.2) is 72.3 Å². The summed E-state index contributed by atoms with van der Waals surface area (Å²) in [6, 6.07) is 6.25. The molecule has 0 aliphatic carbocycles. The Kier molecular flexibility index (Phi) is 8.84. The zero-order valence-electron chi connectivity index (χ0n) is 23.3. The minimum absolute atomic E-state index is 0.0442. The number of aromatic amines is 1. The lowest BCUT2D eigenvalue weighted by molar-refractivity contribution is -0.386. The van der Waals surface area contributed by atoms with Gasteiger partial charge in [0.25, 0.3) is 11.2 Å². The van der Waals surface area contributed by atoms with E-state index in [0.717, 1.165) is 0 Å². The second-order valence-electron chi connectivity index (χ2n) is 11.1. The molecule has 4 N–H and O–H groups in total. The highest BCUT2D eigenvalue weighted by molar-refractivity contribution is 5.91. The Morgan fingerprint density at radius 3 is 2.66 bits per heavy atom. The van der Waals surface area contributed by atoms with Gasteiger partial charge in [0.05, 0.1) is 29.5 Å². The van der Waals surface area contributed by atoms with Gasteiger partial charge in [0, 0.05) is 12.0 Å². The van der Waals surface area contributed by atoms with Crippen LogP contribution in [-0.2, 0) is 19.0 Å². The third-order valence-corrected chi connectivity index (χ3v) is 6.66. The van der Waals surface area contributed by atoms with Gasteiger partial charge in [-0.15, -0.1) is 0 Å². The Hall–Kier alpha value is -3.76. The van der Waals surface area contributed by atoms with Crippen LogP contribution < -0.4 is 10.9 Å². The van der Waals surface area contributed by atoms with E-state index >= 15 is 0 Å². The number of H-pyrrole nitrogens is 1. The molecule has 0 unspecified atom stereocenters. The molecule has 15 nitrogen and oxygen atoms in total. The van der Waals surface area contributed by atoms with Gasteiger partial charge in [-0.05, 0) is 11.5 Å². The van der Waals surface area contributed by atoms with Crippen LogP contribution in [0.5, 0.6) is 0 Å². The Balaban J connectivity index is 1.62. The van der Waals surface area contributed by atoms with Crippen molar-refractivity contribution < 1.29 is 34.1 Å². The number of carbonyl (C=O) groups is 1. The van der Waals surface area contributed by atoms with E-state index in [-0.39, 0.29) is 34.6 Å². The smallest absolute Gasteiger partial charge is 0.280 e. The van der Waals surface area contributed by atoms with Gasteiger partial charge >= 0.3 is 0 Å². The molecule has 1 aliphatic rings. The number of imidazole rings is 1. The van der Waals surface area contributed by atoms with E-state index in [2.05, 4.69) is 20.3 Å². The number of para-hydroxylation sites is 1. The van der Waals surface area contributed by atoms with E-state index in [4.69, 9.17) is 14.2 Å². The first-order chi connectivity index (χ1) is 19.3. The summed E-state index contributed by atoms with van der Waals surface area (Å²) in [5, 5.41) is 34.9. The van der Waals surface area contributed by atoms with Crippen molar-refractivity contribution >= 4 is 28.7 Å². The molecule has 4 rings (SSSR count). The van der Waals surface area contributed by atoms with E-state index in [1.54, 1.807) is 32.0 Å². The largest absolute Gasteiger partial charge is 0.394 e. The van der Waals surface area contributed by atoms with Gasteiger partial charge in [0.15, 0.2) is 17.4 Å². The molecule has 3 heterocycles. The first kappa shape index (κ1) is 30.2. The fourth-order valence-corrected chi connectivity index (χ4v) is 4.57.